The van der Waals surface area contributed by atoms with Crippen molar-refractivity contribution in [1.82, 2.24) is 0 Å². The highest BCUT2D eigenvalue weighted by Crippen LogP contribution is 2.40. The van der Waals surface area contributed by atoms with Crippen LogP contribution in [0.5, 0.6) is 17.2 Å². The highest BCUT2D eigenvalue weighted by molar-refractivity contribution is 6.37. The second-order valence-corrected chi connectivity index (χ2v) is 8.59. The summed E-state index contributed by atoms with van der Waals surface area (Å²) >= 11 is 12.7. The zero-order valence-corrected chi connectivity index (χ0v) is 21.3. The van der Waals surface area contributed by atoms with Gasteiger partial charge in [0, 0.05) is 39.0 Å². The Labute approximate surface area is 218 Å². The molecule has 1 N–H and O–H groups in total. The fraction of sp³-hybridized carbons (Fsp3) is 0.192. The van der Waals surface area contributed by atoms with Gasteiger partial charge in [-0.05, 0) is 24.3 Å². The molecule has 0 aliphatic carbocycles. The number of halogens is 2. The lowest BCUT2D eigenvalue weighted by atomic mass is 10.00. The molecule has 186 valence electrons. The molecule has 0 bridgehead atoms. The number of carbonyl (C=O) groups excluding carboxylic acids is 2. The lowest BCUT2D eigenvalue weighted by Gasteiger charge is -2.23. The second-order valence-electron chi connectivity index (χ2n) is 7.75. The van der Waals surface area contributed by atoms with E-state index in [0.717, 1.165) is 0 Å². The van der Waals surface area contributed by atoms with Crippen LogP contribution in [0.3, 0.4) is 0 Å². The minimum Gasteiger partial charge on any atom is -0.493 e. The van der Waals surface area contributed by atoms with E-state index in [0.29, 0.717) is 55.5 Å². The third kappa shape index (κ3) is 5.10. The summed E-state index contributed by atoms with van der Waals surface area (Å²) in [6.07, 6.45) is 0. The van der Waals surface area contributed by atoms with Crippen LogP contribution in [-0.2, 0) is 9.59 Å². The molecule has 36 heavy (non-hydrogen) atoms. The zero-order chi connectivity index (χ0) is 25.8. The first-order valence-electron chi connectivity index (χ1n) is 10.9. The molecule has 1 aliphatic rings. The molecule has 3 aromatic carbocycles. The number of fused-ring (bicyclic) bond motifs is 1. The van der Waals surface area contributed by atoms with E-state index in [1.54, 1.807) is 36.4 Å². The summed E-state index contributed by atoms with van der Waals surface area (Å²) in [6, 6.07) is 15.5. The van der Waals surface area contributed by atoms with Gasteiger partial charge < -0.3 is 24.4 Å². The maximum Gasteiger partial charge on any atom is 0.249 e. The van der Waals surface area contributed by atoms with Crippen molar-refractivity contribution in [2.45, 2.75) is 0 Å². The number of hydrogen-bond acceptors (Lipinski definition) is 6. The lowest BCUT2D eigenvalue weighted by Crippen LogP contribution is -2.39. The number of nitrogens with one attached hydrogen (secondary N) is 1. The van der Waals surface area contributed by atoms with Crippen LogP contribution < -0.4 is 24.4 Å². The topological polar surface area (TPSA) is 89.5 Å². The molecule has 3 aromatic rings. The first-order chi connectivity index (χ1) is 17.4. The van der Waals surface area contributed by atoms with Crippen molar-refractivity contribution < 1.29 is 23.8 Å². The highest BCUT2D eigenvalue weighted by Gasteiger charge is 2.28. The van der Waals surface area contributed by atoms with Gasteiger partial charge in [-0.25, -0.2) is 0 Å². The zero-order valence-electron chi connectivity index (χ0n) is 19.8. The monoisotopic (exact) mass is 527 g/mol. The largest absolute Gasteiger partial charge is 0.493 e. The van der Waals surface area contributed by atoms with E-state index < -0.39 is 5.91 Å². The molecule has 0 fully saturated rings. The summed E-state index contributed by atoms with van der Waals surface area (Å²) in [4.78, 5) is 32.1. The number of methoxy groups -OCH3 is 3. The van der Waals surface area contributed by atoms with Crippen molar-refractivity contribution in [2.75, 3.05) is 44.6 Å². The Bertz CT molecular complexity index is 1330. The van der Waals surface area contributed by atoms with Crippen LogP contribution in [0.4, 0.5) is 11.4 Å². The number of ether oxygens (including phenoxy) is 3. The van der Waals surface area contributed by atoms with Crippen LogP contribution in [0.1, 0.15) is 11.1 Å². The van der Waals surface area contributed by atoms with Gasteiger partial charge in [-0.2, -0.15) is 0 Å². The Kier molecular flexibility index (Phi) is 7.67. The number of nitrogens with zero attached hydrogens (tertiary/aromatic N) is 2. The van der Waals surface area contributed by atoms with Gasteiger partial charge in [-0.15, -0.1) is 0 Å². The first-order valence-corrected chi connectivity index (χ1v) is 11.6. The molecule has 10 heteroatoms. The van der Waals surface area contributed by atoms with Gasteiger partial charge in [0.2, 0.25) is 17.6 Å². The number of hydrogen-bond donors (Lipinski definition) is 1. The quantitative estimate of drug-likeness (QED) is 0.474. The first kappa shape index (κ1) is 25.3. The van der Waals surface area contributed by atoms with E-state index in [-0.39, 0.29) is 19.0 Å². The third-order valence-electron chi connectivity index (χ3n) is 5.56. The number of rotatable bonds is 7. The van der Waals surface area contributed by atoms with E-state index in [1.165, 1.54) is 26.2 Å². The Morgan fingerprint density at radius 2 is 1.67 bits per heavy atom. The average molecular weight is 528 g/mol. The molecule has 0 atom stereocenters. The molecule has 4 rings (SSSR count). The molecule has 0 radical (unpaired) electrons. The predicted octanol–water partition coefficient (Wildman–Crippen LogP) is 4.84. The number of aliphatic imine (C=N–C) groups is 1. The SMILES string of the molecule is COc1cc(NC(=O)CN2C(=O)CN=C(c3ccccc3Cl)c3cc(Cl)ccc32)cc(OC)c1OC. The van der Waals surface area contributed by atoms with Gasteiger partial charge in [-0.3, -0.25) is 14.6 Å². The molecule has 0 unspecified atom stereocenters. The summed E-state index contributed by atoms with van der Waals surface area (Å²) in [5, 5.41) is 3.74. The van der Waals surface area contributed by atoms with E-state index >= 15 is 0 Å². The highest BCUT2D eigenvalue weighted by atomic mass is 35.5. The third-order valence-corrected chi connectivity index (χ3v) is 6.12. The van der Waals surface area contributed by atoms with Crippen molar-refractivity contribution in [3.63, 3.8) is 0 Å². The fourth-order valence-electron chi connectivity index (χ4n) is 3.94. The molecule has 0 saturated carbocycles. The smallest absolute Gasteiger partial charge is 0.249 e. The van der Waals surface area contributed by atoms with Crippen LogP contribution in [-0.4, -0.2) is 51.9 Å². The van der Waals surface area contributed by atoms with E-state index in [9.17, 15) is 9.59 Å². The van der Waals surface area contributed by atoms with E-state index in [2.05, 4.69) is 10.3 Å². The van der Waals surface area contributed by atoms with Crippen LogP contribution in [0.25, 0.3) is 0 Å². The number of amides is 2. The van der Waals surface area contributed by atoms with Gasteiger partial charge >= 0.3 is 0 Å². The molecular formula is C26H23Cl2N3O5. The van der Waals surface area contributed by atoms with Crippen molar-refractivity contribution in [3.05, 3.63) is 75.8 Å². The van der Waals surface area contributed by atoms with Crippen LogP contribution in [0, 0.1) is 0 Å². The minimum atomic E-state index is -0.431. The molecule has 1 heterocycles. The maximum absolute atomic E-state index is 13.1. The molecular weight excluding hydrogens is 505 g/mol. The molecule has 8 nitrogen and oxygen atoms in total. The lowest BCUT2D eigenvalue weighted by molar-refractivity contribution is -0.120. The minimum absolute atomic E-state index is 0.162. The Morgan fingerprint density at radius 1 is 0.972 bits per heavy atom. The van der Waals surface area contributed by atoms with Crippen molar-refractivity contribution >= 4 is 52.1 Å². The van der Waals surface area contributed by atoms with Crippen molar-refractivity contribution in [3.8, 4) is 17.2 Å². The molecule has 0 aromatic heterocycles. The predicted molar refractivity (Wildman–Crippen MR) is 140 cm³/mol. The standard InChI is InChI=1S/C26H23Cl2N3O5/c1-34-21-11-16(12-22(35-2)26(21)36-3)30-23(32)14-31-20-9-8-15(27)10-18(20)25(29-13-24(31)33)17-6-4-5-7-19(17)28/h4-12H,13-14H2,1-3H3,(H,30,32). The summed E-state index contributed by atoms with van der Waals surface area (Å²) in [7, 11) is 4.46. The number of benzene rings is 3. The van der Waals surface area contributed by atoms with E-state index in [4.69, 9.17) is 37.4 Å². The van der Waals surface area contributed by atoms with Crippen LogP contribution >= 0.6 is 23.2 Å². The number of carbonyl (C=O) groups is 2. The van der Waals surface area contributed by atoms with Gasteiger partial charge in [0.05, 0.1) is 32.7 Å². The summed E-state index contributed by atoms with van der Waals surface area (Å²) < 4.78 is 16.0. The molecule has 2 amide bonds. The second kappa shape index (κ2) is 10.9. The Balaban J connectivity index is 1.66. The Hall–Kier alpha value is -3.75. The molecule has 1 aliphatic heterocycles. The number of anilines is 2. The molecule has 0 spiro atoms. The summed E-state index contributed by atoms with van der Waals surface area (Å²) in [5.74, 6) is 0.391. The number of benzodiazepines with no additional fused rings is 1. The van der Waals surface area contributed by atoms with Gasteiger partial charge in [0.25, 0.3) is 0 Å². The van der Waals surface area contributed by atoms with Crippen LogP contribution in [0.2, 0.25) is 10.0 Å². The van der Waals surface area contributed by atoms with Crippen molar-refractivity contribution in [1.29, 1.82) is 0 Å². The van der Waals surface area contributed by atoms with Gasteiger partial charge in [0.15, 0.2) is 11.5 Å². The van der Waals surface area contributed by atoms with Gasteiger partial charge in [-0.1, -0.05) is 41.4 Å². The van der Waals surface area contributed by atoms with Crippen molar-refractivity contribution in [2.24, 2.45) is 4.99 Å². The normalized spacial score (nSPS) is 12.9. The average Bonchev–Trinajstić information content (AvgIpc) is 3.00. The maximum atomic E-state index is 13.1. The fourth-order valence-corrected chi connectivity index (χ4v) is 4.34. The van der Waals surface area contributed by atoms with Crippen LogP contribution in [0.15, 0.2) is 59.6 Å². The van der Waals surface area contributed by atoms with E-state index in [1.807, 2.05) is 18.2 Å². The van der Waals surface area contributed by atoms with Gasteiger partial charge in [0.1, 0.15) is 13.1 Å². The Morgan fingerprint density at radius 3 is 2.31 bits per heavy atom. The summed E-state index contributed by atoms with van der Waals surface area (Å²) in [6.45, 7) is -0.417. The summed E-state index contributed by atoms with van der Waals surface area (Å²) in [5.41, 5.74) is 2.71. The molecule has 0 saturated heterocycles.